The maximum atomic E-state index is 13.1. The second-order valence-corrected chi connectivity index (χ2v) is 7.66. The lowest BCUT2D eigenvalue weighted by Crippen LogP contribution is -2.32. The van der Waals surface area contributed by atoms with Gasteiger partial charge >= 0.3 is 0 Å². The van der Waals surface area contributed by atoms with Crippen molar-refractivity contribution in [3.05, 3.63) is 69.8 Å². The number of nitrogens with zero attached hydrogens (tertiary/aromatic N) is 1. The van der Waals surface area contributed by atoms with E-state index in [4.69, 9.17) is 0 Å². The second kappa shape index (κ2) is 8.31. The van der Waals surface area contributed by atoms with Crippen molar-refractivity contribution in [1.29, 1.82) is 0 Å². The molecular formula is C21H20FN3O2S. The molecule has 2 amide bonds. The van der Waals surface area contributed by atoms with Crippen LogP contribution in [-0.2, 0) is 4.79 Å². The maximum Gasteiger partial charge on any atom is 0.251 e. The van der Waals surface area contributed by atoms with Crippen LogP contribution in [0.1, 0.15) is 26.4 Å². The van der Waals surface area contributed by atoms with Crippen LogP contribution in [0.4, 0.5) is 9.52 Å². The van der Waals surface area contributed by atoms with E-state index in [9.17, 15) is 14.0 Å². The molecule has 1 heterocycles. The minimum atomic E-state index is -0.364. The van der Waals surface area contributed by atoms with Gasteiger partial charge in [0.1, 0.15) is 5.82 Å². The summed E-state index contributed by atoms with van der Waals surface area (Å²) in [6.45, 7) is 5.63. The first-order valence-corrected chi connectivity index (χ1v) is 9.54. The Morgan fingerprint density at radius 1 is 1.04 bits per heavy atom. The summed E-state index contributed by atoms with van der Waals surface area (Å²) in [5, 5.41) is 5.73. The minimum absolute atomic E-state index is 0.156. The third kappa shape index (κ3) is 4.61. The molecule has 0 radical (unpaired) electrons. The number of aryl methyl sites for hydroxylation is 3. The first-order valence-electron chi connectivity index (χ1n) is 8.72. The summed E-state index contributed by atoms with van der Waals surface area (Å²) in [4.78, 5) is 29.7. The number of rotatable bonds is 5. The van der Waals surface area contributed by atoms with Crippen molar-refractivity contribution in [2.75, 3.05) is 11.9 Å². The normalized spacial score (nSPS) is 10.6. The topological polar surface area (TPSA) is 71.1 Å². The van der Waals surface area contributed by atoms with Gasteiger partial charge in [-0.25, -0.2) is 9.37 Å². The summed E-state index contributed by atoms with van der Waals surface area (Å²) in [7, 11) is 0. The largest absolute Gasteiger partial charge is 0.343 e. The third-order valence-corrected chi connectivity index (χ3v) is 5.23. The molecular weight excluding hydrogens is 377 g/mol. The Bertz CT molecular complexity index is 1030. The Morgan fingerprint density at radius 3 is 2.43 bits per heavy atom. The molecule has 28 heavy (non-hydrogen) atoms. The summed E-state index contributed by atoms with van der Waals surface area (Å²) in [5.74, 6) is -0.984. The van der Waals surface area contributed by atoms with E-state index in [1.807, 2.05) is 26.8 Å². The van der Waals surface area contributed by atoms with Crippen molar-refractivity contribution in [2.45, 2.75) is 20.8 Å². The Hall–Kier alpha value is -3.06. The number of carbonyl (C=O) groups excluding carboxylic acids is 2. The molecule has 2 N–H and O–H groups in total. The number of benzene rings is 2. The van der Waals surface area contributed by atoms with Crippen molar-refractivity contribution < 1.29 is 14.0 Å². The molecule has 144 valence electrons. The molecule has 3 rings (SSSR count). The lowest BCUT2D eigenvalue weighted by Gasteiger charge is -2.07. The van der Waals surface area contributed by atoms with E-state index in [1.54, 1.807) is 24.3 Å². The molecule has 0 unspecified atom stereocenters. The predicted molar refractivity (Wildman–Crippen MR) is 109 cm³/mol. The van der Waals surface area contributed by atoms with Crippen LogP contribution in [0.5, 0.6) is 0 Å². The number of anilines is 1. The lowest BCUT2D eigenvalue weighted by atomic mass is 10.1. The van der Waals surface area contributed by atoms with E-state index in [0.717, 1.165) is 21.6 Å². The van der Waals surface area contributed by atoms with Gasteiger partial charge in [0.2, 0.25) is 5.91 Å². The van der Waals surface area contributed by atoms with Crippen LogP contribution in [0.15, 0.2) is 42.5 Å². The van der Waals surface area contributed by atoms with Crippen molar-refractivity contribution >= 4 is 28.3 Å². The van der Waals surface area contributed by atoms with Gasteiger partial charge in [-0.05, 0) is 68.3 Å². The standard InChI is InChI=1S/C21H20FN3O2S/c1-12-4-5-16(10-13(12)2)20(27)23-11-18(26)24-21-25-19(14(3)28-21)15-6-8-17(22)9-7-15/h4-10H,11H2,1-3H3,(H,23,27)(H,24,25,26). The Morgan fingerprint density at radius 2 is 1.75 bits per heavy atom. The first-order chi connectivity index (χ1) is 13.3. The van der Waals surface area contributed by atoms with E-state index >= 15 is 0 Å². The molecule has 0 saturated carbocycles. The highest BCUT2D eigenvalue weighted by Gasteiger charge is 2.13. The number of halogens is 1. The van der Waals surface area contributed by atoms with Crippen molar-refractivity contribution in [3.8, 4) is 11.3 Å². The number of thiazole rings is 1. The van der Waals surface area contributed by atoms with Gasteiger partial charge in [-0.15, -0.1) is 11.3 Å². The molecule has 0 atom stereocenters. The fourth-order valence-corrected chi connectivity index (χ4v) is 3.49. The van der Waals surface area contributed by atoms with Crippen LogP contribution in [-0.4, -0.2) is 23.3 Å². The second-order valence-electron chi connectivity index (χ2n) is 6.46. The highest BCUT2D eigenvalue weighted by molar-refractivity contribution is 7.16. The van der Waals surface area contributed by atoms with Crippen molar-refractivity contribution in [3.63, 3.8) is 0 Å². The van der Waals surface area contributed by atoms with E-state index in [0.29, 0.717) is 16.4 Å². The van der Waals surface area contributed by atoms with Crippen LogP contribution in [0, 0.1) is 26.6 Å². The SMILES string of the molecule is Cc1ccc(C(=O)NCC(=O)Nc2nc(-c3ccc(F)cc3)c(C)s2)cc1C. The summed E-state index contributed by atoms with van der Waals surface area (Å²) < 4.78 is 13.1. The predicted octanol–water partition coefficient (Wildman–Crippen LogP) is 4.24. The Kier molecular flexibility index (Phi) is 5.84. The van der Waals surface area contributed by atoms with Gasteiger partial charge in [-0.3, -0.25) is 9.59 Å². The number of nitrogens with one attached hydrogen (secondary N) is 2. The Labute approximate surface area is 166 Å². The van der Waals surface area contributed by atoms with E-state index in [-0.39, 0.29) is 24.2 Å². The molecule has 3 aromatic rings. The number of amides is 2. The highest BCUT2D eigenvalue weighted by atomic mass is 32.1. The van der Waals surface area contributed by atoms with Gasteiger partial charge in [0.15, 0.2) is 5.13 Å². The molecule has 5 nitrogen and oxygen atoms in total. The zero-order valence-electron chi connectivity index (χ0n) is 15.8. The average molecular weight is 397 g/mol. The van der Waals surface area contributed by atoms with E-state index < -0.39 is 0 Å². The van der Waals surface area contributed by atoms with Crippen LogP contribution >= 0.6 is 11.3 Å². The zero-order valence-corrected chi connectivity index (χ0v) is 16.6. The molecule has 0 spiro atoms. The molecule has 0 aliphatic rings. The van der Waals surface area contributed by atoms with E-state index in [2.05, 4.69) is 15.6 Å². The molecule has 2 aromatic carbocycles. The average Bonchev–Trinajstić information content (AvgIpc) is 3.02. The number of carbonyl (C=O) groups is 2. The number of aromatic nitrogens is 1. The molecule has 1 aromatic heterocycles. The highest BCUT2D eigenvalue weighted by Crippen LogP contribution is 2.30. The van der Waals surface area contributed by atoms with E-state index in [1.165, 1.54) is 23.5 Å². The molecule has 0 aliphatic carbocycles. The first kappa shape index (κ1) is 19.7. The lowest BCUT2D eigenvalue weighted by molar-refractivity contribution is -0.115. The monoisotopic (exact) mass is 397 g/mol. The summed E-state index contributed by atoms with van der Waals surface area (Å²) in [5.41, 5.74) is 4.10. The van der Waals surface area contributed by atoms with Crippen molar-refractivity contribution in [2.24, 2.45) is 0 Å². The maximum absolute atomic E-state index is 13.1. The summed E-state index contributed by atoms with van der Waals surface area (Å²) >= 11 is 1.33. The van der Waals surface area contributed by atoms with Gasteiger partial charge in [0, 0.05) is 16.0 Å². The molecule has 0 fully saturated rings. The van der Waals surface area contributed by atoms with Gasteiger partial charge in [-0.2, -0.15) is 0 Å². The van der Waals surface area contributed by atoms with Gasteiger partial charge < -0.3 is 10.6 Å². The summed E-state index contributed by atoms with van der Waals surface area (Å²) in [6, 6.07) is 11.4. The van der Waals surface area contributed by atoms with Gasteiger partial charge in [0.25, 0.3) is 5.91 Å². The van der Waals surface area contributed by atoms with Crippen LogP contribution in [0.3, 0.4) is 0 Å². The van der Waals surface area contributed by atoms with Crippen molar-refractivity contribution in [1.82, 2.24) is 10.3 Å². The fraction of sp³-hybridized carbons (Fsp3) is 0.190. The van der Waals surface area contributed by atoms with Crippen LogP contribution < -0.4 is 10.6 Å². The molecule has 0 aliphatic heterocycles. The molecule has 0 bridgehead atoms. The van der Waals surface area contributed by atoms with Crippen LogP contribution in [0.25, 0.3) is 11.3 Å². The quantitative estimate of drug-likeness (QED) is 0.676. The Balaban J connectivity index is 1.60. The van der Waals surface area contributed by atoms with Crippen LogP contribution in [0.2, 0.25) is 0 Å². The van der Waals surface area contributed by atoms with Gasteiger partial charge in [-0.1, -0.05) is 6.07 Å². The molecule has 0 saturated heterocycles. The molecule has 7 heteroatoms. The fourth-order valence-electron chi connectivity index (χ4n) is 2.63. The zero-order chi connectivity index (χ0) is 20.3. The minimum Gasteiger partial charge on any atom is -0.343 e. The number of hydrogen-bond donors (Lipinski definition) is 2. The third-order valence-electron chi connectivity index (χ3n) is 4.34. The number of hydrogen-bond acceptors (Lipinski definition) is 4. The smallest absolute Gasteiger partial charge is 0.251 e. The summed E-state index contributed by atoms with van der Waals surface area (Å²) in [6.07, 6.45) is 0. The van der Waals surface area contributed by atoms with Gasteiger partial charge in [0.05, 0.1) is 12.2 Å².